The van der Waals surface area contributed by atoms with E-state index in [0.717, 1.165) is 12.0 Å². The smallest absolute Gasteiger partial charge is 0.227 e. The van der Waals surface area contributed by atoms with E-state index in [2.05, 4.69) is 41.8 Å². The maximum Gasteiger partial charge on any atom is 0.227 e. The molecule has 25 heavy (non-hydrogen) atoms. The number of nitrogens with one attached hydrogen (secondary N) is 2. The molecular formula is C21H28N2O2. The van der Waals surface area contributed by atoms with Gasteiger partial charge in [-0.2, -0.15) is 0 Å². The summed E-state index contributed by atoms with van der Waals surface area (Å²) in [7, 11) is 0. The van der Waals surface area contributed by atoms with E-state index in [1.165, 1.54) is 11.1 Å². The monoisotopic (exact) mass is 340 g/mol. The van der Waals surface area contributed by atoms with Crippen molar-refractivity contribution in [1.29, 1.82) is 0 Å². The number of benzene rings is 2. The molecule has 0 saturated heterocycles. The van der Waals surface area contributed by atoms with Crippen LogP contribution in [0.1, 0.15) is 36.5 Å². The van der Waals surface area contributed by atoms with Crippen LogP contribution in [0.4, 0.5) is 0 Å². The molecule has 0 aliphatic rings. The minimum absolute atomic E-state index is 0.0686. The van der Waals surface area contributed by atoms with Gasteiger partial charge in [0.1, 0.15) is 0 Å². The SMILES string of the molecule is CCc1cccc(CNCC(O)CNC(=O)C(C)c2ccccc2)c1. The Labute approximate surface area is 150 Å². The maximum absolute atomic E-state index is 12.2. The van der Waals surface area contributed by atoms with Crippen molar-refractivity contribution in [1.82, 2.24) is 10.6 Å². The van der Waals surface area contributed by atoms with Gasteiger partial charge in [0.15, 0.2) is 0 Å². The molecule has 2 aromatic rings. The van der Waals surface area contributed by atoms with E-state index >= 15 is 0 Å². The summed E-state index contributed by atoms with van der Waals surface area (Å²) < 4.78 is 0. The molecule has 134 valence electrons. The lowest BCUT2D eigenvalue weighted by Gasteiger charge is -2.16. The second-order valence-electron chi connectivity index (χ2n) is 6.34. The average molecular weight is 340 g/mol. The summed E-state index contributed by atoms with van der Waals surface area (Å²) >= 11 is 0. The Balaban J connectivity index is 1.69. The zero-order valence-electron chi connectivity index (χ0n) is 15.0. The molecule has 2 aromatic carbocycles. The molecule has 0 radical (unpaired) electrons. The van der Waals surface area contributed by atoms with E-state index < -0.39 is 6.10 Å². The molecule has 0 heterocycles. The third-order valence-corrected chi connectivity index (χ3v) is 4.31. The number of hydrogen-bond donors (Lipinski definition) is 3. The quantitative estimate of drug-likeness (QED) is 0.658. The van der Waals surface area contributed by atoms with E-state index in [1.807, 2.05) is 37.3 Å². The van der Waals surface area contributed by atoms with Crippen LogP contribution < -0.4 is 10.6 Å². The number of carbonyl (C=O) groups is 1. The van der Waals surface area contributed by atoms with Crippen molar-refractivity contribution in [3.05, 3.63) is 71.3 Å². The van der Waals surface area contributed by atoms with E-state index in [1.54, 1.807) is 0 Å². The summed E-state index contributed by atoms with van der Waals surface area (Å²) in [6.45, 7) is 5.40. The molecule has 0 saturated carbocycles. The highest BCUT2D eigenvalue weighted by Crippen LogP contribution is 2.14. The van der Waals surface area contributed by atoms with Gasteiger partial charge >= 0.3 is 0 Å². The van der Waals surface area contributed by atoms with Gasteiger partial charge in [0.2, 0.25) is 5.91 Å². The summed E-state index contributed by atoms with van der Waals surface area (Å²) in [4.78, 5) is 12.2. The molecular weight excluding hydrogens is 312 g/mol. The Morgan fingerprint density at radius 1 is 1.04 bits per heavy atom. The van der Waals surface area contributed by atoms with Crippen LogP contribution in [0.15, 0.2) is 54.6 Å². The van der Waals surface area contributed by atoms with Gasteiger partial charge in [0.05, 0.1) is 12.0 Å². The fraction of sp³-hybridized carbons (Fsp3) is 0.381. The van der Waals surface area contributed by atoms with Crippen LogP contribution in [0.3, 0.4) is 0 Å². The molecule has 0 bridgehead atoms. The number of aliphatic hydroxyl groups is 1. The zero-order valence-corrected chi connectivity index (χ0v) is 15.0. The van der Waals surface area contributed by atoms with Crippen molar-refractivity contribution in [2.75, 3.05) is 13.1 Å². The van der Waals surface area contributed by atoms with Gasteiger partial charge < -0.3 is 15.7 Å². The van der Waals surface area contributed by atoms with Crippen LogP contribution in [0.2, 0.25) is 0 Å². The third kappa shape index (κ3) is 6.33. The molecule has 0 aromatic heterocycles. The lowest BCUT2D eigenvalue weighted by molar-refractivity contribution is -0.122. The Kier molecular flexibility index (Phi) is 7.64. The van der Waals surface area contributed by atoms with Crippen molar-refractivity contribution in [3.63, 3.8) is 0 Å². The van der Waals surface area contributed by atoms with E-state index in [4.69, 9.17) is 0 Å². The summed E-state index contributed by atoms with van der Waals surface area (Å²) in [5, 5.41) is 16.1. The van der Waals surface area contributed by atoms with Crippen molar-refractivity contribution >= 4 is 5.91 Å². The fourth-order valence-electron chi connectivity index (χ4n) is 2.68. The highest BCUT2D eigenvalue weighted by Gasteiger charge is 2.15. The Bertz CT molecular complexity index is 658. The van der Waals surface area contributed by atoms with Crippen LogP contribution in [0.5, 0.6) is 0 Å². The van der Waals surface area contributed by atoms with Crippen molar-refractivity contribution < 1.29 is 9.90 Å². The van der Waals surface area contributed by atoms with Crippen molar-refractivity contribution in [3.8, 4) is 0 Å². The van der Waals surface area contributed by atoms with Gasteiger partial charge in [-0.25, -0.2) is 0 Å². The highest BCUT2D eigenvalue weighted by atomic mass is 16.3. The Morgan fingerprint density at radius 3 is 2.48 bits per heavy atom. The molecule has 2 atom stereocenters. The summed E-state index contributed by atoms with van der Waals surface area (Å²) in [6, 6.07) is 18.1. The predicted octanol–water partition coefficient (Wildman–Crippen LogP) is 2.62. The van der Waals surface area contributed by atoms with E-state index in [-0.39, 0.29) is 18.4 Å². The van der Waals surface area contributed by atoms with Crippen LogP contribution in [-0.2, 0) is 17.8 Å². The highest BCUT2D eigenvalue weighted by molar-refractivity contribution is 5.83. The molecule has 0 aliphatic heterocycles. The first-order chi connectivity index (χ1) is 12.1. The maximum atomic E-state index is 12.2. The Morgan fingerprint density at radius 2 is 1.76 bits per heavy atom. The van der Waals surface area contributed by atoms with Gasteiger partial charge in [-0.15, -0.1) is 0 Å². The van der Waals surface area contributed by atoms with Gasteiger partial charge in [-0.3, -0.25) is 4.79 Å². The molecule has 3 N–H and O–H groups in total. The number of rotatable bonds is 9. The van der Waals surface area contributed by atoms with Crippen LogP contribution >= 0.6 is 0 Å². The molecule has 4 heteroatoms. The second-order valence-corrected chi connectivity index (χ2v) is 6.34. The molecule has 4 nitrogen and oxygen atoms in total. The summed E-state index contributed by atoms with van der Waals surface area (Å²) in [5.41, 5.74) is 3.48. The predicted molar refractivity (Wildman–Crippen MR) is 101 cm³/mol. The van der Waals surface area contributed by atoms with Crippen LogP contribution in [0.25, 0.3) is 0 Å². The normalized spacial score (nSPS) is 13.2. The second kappa shape index (κ2) is 9.97. The molecule has 1 amide bonds. The van der Waals surface area contributed by atoms with Gasteiger partial charge in [-0.1, -0.05) is 61.5 Å². The summed E-state index contributed by atoms with van der Waals surface area (Å²) in [6.07, 6.45) is 0.406. The molecule has 2 rings (SSSR count). The molecule has 0 aliphatic carbocycles. The first kappa shape index (κ1) is 19.2. The zero-order chi connectivity index (χ0) is 18.1. The molecule has 0 fully saturated rings. The van der Waals surface area contributed by atoms with Gasteiger partial charge in [-0.05, 0) is 30.0 Å². The number of hydrogen-bond acceptors (Lipinski definition) is 3. The topological polar surface area (TPSA) is 61.4 Å². The average Bonchev–Trinajstić information content (AvgIpc) is 2.66. The number of aryl methyl sites for hydroxylation is 1. The lowest BCUT2D eigenvalue weighted by atomic mass is 10.0. The van der Waals surface area contributed by atoms with Gasteiger partial charge in [0.25, 0.3) is 0 Å². The third-order valence-electron chi connectivity index (χ3n) is 4.31. The van der Waals surface area contributed by atoms with Crippen molar-refractivity contribution in [2.45, 2.75) is 38.8 Å². The van der Waals surface area contributed by atoms with Crippen LogP contribution in [0, 0.1) is 0 Å². The minimum Gasteiger partial charge on any atom is -0.390 e. The number of aliphatic hydroxyl groups excluding tert-OH is 1. The van der Waals surface area contributed by atoms with Crippen LogP contribution in [-0.4, -0.2) is 30.2 Å². The van der Waals surface area contributed by atoms with Gasteiger partial charge in [0, 0.05) is 19.6 Å². The number of amides is 1. The summed E-state index contributed by atoms with van der Waals surface area (Å²) in [5.74, 6) is -0.293. The van der Waals surface area contributed by atoms with E-state index in [0.29, 0.717) is 13.1 Å². The first-order valence-corrected chi connectivity index (χ1v) is 8.89. The number of carbonyl (C=O) groups excluding carboxylic acids is 1. The Hall–Kier alpha value is -2.17. The van der Waals surface area contributed by atoms with Crippen molar-refractivity contribution in [2.24, 2.45) is 0 Å². The lowest BCUT2D eigenvalue weighted by Crippen LogP contribution is -2.39. The standard InChI is InChI=1S/C21H28N2O2/c1-3-17-8-7-9-18(12-17)13-22-14-20(24)15-23-21(25)16(2)19-10-5-4-6-11-19/h4-12,16,20,22,24H,3,13-15H2,1-2H3,(H,23,25). The van der Waals surface area contributed by atoms with E-state index in [9.17, 15) is 9.90 Å². The fourth-order valence-corrected chi connectivity index (χ4v) is 2.68. The molecule has 0 spiro atoms. The first-order valence-electron chi connectivity index (χ1n) is 8.89. The molecule has 2 unspecified atom stereocenters. The largest absolute Gasteiger partial charge is 0.390 e. The minimum atomic E-state index is -0.610.